The number of ether oxygens (including phenoxy) is 1. The molecule has 0 aliphatic carbocycles. The molecule has 2 rings (SSSR count). The number of hydrogen-bond acceptors (Lipinski definition) is 4. The van der Waals surface area contributed by atoms with Gasteiger partial charge in [0.2, 0.25) is 0 Å². The minimum absolute atomic E-state index is 0.112. The van der Waals surface area contributed by atoms with E-state index in [-0.39, 0.29) is 11.3 Å². The van der Waals surface area contributed by atoms with Gasteiger partial charge in [-0.2, -0.15) is 0 Å². The number of halogens is 2. The van der Waals surface area contributed by atoms with E-state index in [1.807, 2.05) is 0 Å². The van der Waals surface area contributed by atoms with Crippen LogP contribution in [0.2, 0.25) is 0 Å². The van der Waals surface area contributed by atoms with Crippen LogP contribution in [0.5, 0.6) is 5.75 Å². The molecule has 1 aromatic rings. The maximum atomic E-state index is 14.5. The maximum absolute atomic E-state index is 14.5. The molecule has 7 heteroatoms. The number of nitrogens with one attached hydrogen (secondary N) is 1. The van der Waals surface area contributed by atoms with Crippen molar-refractivity contribution < 1.29 is 23.2 Å². The molecule has 21 heavy (non-hydrogen) atoms. The summed E-state index contributed by atoms with van der Waals surface area (Å²) in [6.45, 7) is 4.10. The van der Waals surface area contributed by atoms with Crippen LogP contribution in [-0.2, 0) is 16.9 Å². The van der Waals surface area contributed by atoms with E-state index < -0.39 is 46.9 Å². The van der Waals surface area contributed by atoms with Gasteiger partial charge in [0.25, 0.3) is 0 Å². The van der Waals surface area contributed by atoms with Gasteiger partial charge in [0.05, 0.1) is 6.61 Å². The van der Waals surface area contributed by atoms with E-state index >= 15 is 0 Å². The van der Waals surface area contributed by atoms with Gasteiger partial charge in [-0.1, -0.05) is 12.1 Å². The van der Waals surface area contributed by atoms with E-state index in [0.717, 1.165) is 0 Å². The van der Waals surface area contributed by atoms with Crippen molar-refractivity contribution in [1.29, 1.82) is 0 Å². The van der Waals surface area contributed by atoms with Crippen molar-refractivity contribution >= 4 is 11.4 Å². The standard InChI is InChI=1S/C14H19F2NO3S/c1-13(2,3)21(19)17-14(8-18)9-5-4-6-10(15)12(9)20-7-11(14)16/h4-6,11,17-18H,7-8H2,1-3H3/t11-,14+,21?/m0/s1. The molecule has 0 amide bonds. The fourth-order valence-corrected chi connectivity index (χ4v) is 3.07. The Labute approximate surface area is 125 Å². The molecule has 1 aromatic carbocycles. The Kier molecular flexibility index (Phi) is 4.49. The minimum Gasteiger partial charge on any atom is -0.598 e. The van der Waals surface area contributed by atoms with Gasteiger partial charge in [-0.3, -0.25) is 0 Å². The maximum Gasteiger partial charge on any atom is 0.165 e. The molecule has 1 aliphatic rings. The molecule has 0 saturated heterocycles. The predicted octanol–water partition coefficient (Wildman–Crippen LogP) is 1.80. The number of rotatable bonds is 3. The molecule has 1 unspecified atom stereocenters. The first-order chi connectivity index (χ1) is 9.72. The zero-order valence-electron chi connectivity index (χ0n) is 12.2. The topological polar surface area (TPSA) is 64.5 Å². The minimum atomic E-state index is -1.65. The summed E-state index contributed by atoms with van der Waals surface area (Å²) in [5.74, 6) is -0.751. The first-order valence-corrected chi connectivity index (χ1v) is 7.74. The van der Waals surface area contributed by atoms with E-state index in [0.29, 0.717) is 0 Å². The Balaban J connectivity index is 2.49. The number of aliphatic hydroxyl groups is 1. The van der Waals surface area contributed by atoms with Crippen LogP contribution in [0.25, 0.3) is 0 Å². The summed E-state index contributed by atoms with van der Waals surface area (Å²) in [6, 6.07) is 4.06. The molecular formula is C14H19F2NO3S. The van der Waals surface area contributed by atoms with Crippen LogP contribution in [0.15, 0.2) is 18.2 Å². The first kappa shape index (κ1) is 16.5. The molecule has 4 nitrogen and oxygen atoms in total. The molecule has 0 saturated carbocycles. The van der Waals surface area contributed by atoms with Crippen molar-refractivity contribution in [3.8, 4) is 5.75 Å². The highest BCUT2D eigenvalue weighted by atomic mass is 32.2. The van der Waals surface area contributed by atoms with Crippen LogP contribution in [0, 0.1) is 5.82 Å². The second-order valence-electron chi connectivity index (χ2n) is 6.01. The molecule has 0 aromatic heterocycles. The number of alkyl halides is 1. The summed E-state index contributed by atoms with van der Waals surface area (Å²) in [6.07, 6.45) is -1.65. The summed E-state index contributed by atoms with van der Waals surface area (Å²) in [4.78, 5) is 0. The second kappa shape index (κ2) is 5.72. The normalized spacial score (nSPS) is 26.9. The molecule has 0 bridgehead atoms. The second-order valence-corrected chi connectivity index (χ2v) is 7.97. The van der Waals surface area contributed by atoms with Gasteiger partial charge in [0.1, 0.15) is 16.9 Å². The fourth-order valence-electron chi connectivity index (χ4n) is 2.13. The lowest BCUT2D eigenvalue weighted by molar-refractivity contribution is 0.0343. The summed E-state index contributed by atoms with van der Waals surface area (Å²) in [5, 5.41) is 9.75. The molecule has 0 fully saturated rings. The largest absolute Gasteiger partial charge is 0.598 e. The van der Waals surface area contributed by atoms with E-state index in [9.17, 15) is 18.4 Å². The van der Waals surface area contributed by atoms with E-state index in [2.05, 4.69) is 4.72 Å². The van der Waals surface area contributed by atoms with Crippen LogP contribution in [0.3, 0.4) is 0 Å². The molecule has 1 heterocycles. The number of aliphatic hydroxyl groups excluding tert-OH is 1. The highest BCUT2D eigenvalue weighted by molar-refractivity contribution is 7.90. The average molecular weight is 319 g/mol. The Morgan fingerprint density at radius 2 is 2.19 bits per heavy atom. The predicted molar refractivity (Wildman–Crippen MR) is 76.6 cm³/mol. The highest BCUT2D eigenvalue weighted by Gasteiger charge is 2.51. The summed E-state index contributed by atoms with van der Waals surface area (Å²) >= 11 is -1.64. The highest BCUT2D eigenvalue weighted by Crippen LogP contribution is 2.41. The molecule has 118 valence electrons. The van der Waals surface area contributed by atoms with E-state index in [1.165, 1.54) is 18.2 Å². The van der Waals surface area contributed by atoms with Crippen LogP contribution in [-0.4, -0.2) is 33.8 Å². The van der Waals surface area contributed by atoms with E-state index in [4.69, 9.17) is 4.74 Å². The zero-order valence-corrected chi connectivity index (χ0v) is 13.0. The van der Waals surface area contributed by atoms with Crippen molar-refractivity contribution in [2.75, 3.05) is 13.2 Å². The third kappa shape index (κ3) is 2.88. The summed E-state index contributed by atoms with van der Waals surface area (Å²) < 4.78 is 47.7. The Morgan fingerprint density at radius 1 is 1.52 bits per heavy atom. The lowest BCUT2D eigenvalue weighted by Crippen LogP contribution is -2.61. The van der Waals surface area contributed by atoms with Gasteiger partial charge in [-0.25, -0.2) is 8.78 Å². The first-order valence-electron chi connectivity index (χ1n) is 6.59. The van der Waals surface area contributed by atoms with Crippen LogP contribution in [0.1, 0.15) is 26.3 Å². The molecule has 3 atom stereocenters. The molecule has 1 aliphatic heterocycles. The number of hydrogen-bond donors (Lipinski definition) is 2. The van der Waals surface area contributed by atoms with Gasteiger partial charge in [0, 0.05) is 16.9 Å². The Hall–Kier alpha value is -0.890. The molecule has 2 N–H and O–H groups in total. The van der Waals surface area contributed by atoms with Crippen molar-refractivity contribution in [3.05, 3.63) is 29.6 Å². The summed E-state index contributed by atoms with van der Waals surface area (Å²) in [7, 11) is 0. The van der Waals surface area contributed by atoms with Crippen LogP contribution < -0.4 is 9.46 Å². The molecular weight excluding hydrogens is 300 g/mol. The van der Waals surface area contributed by atoms with Crippen LogP contribution >= 0.6 is 0 Å². The lowest BCUT2D eigenvalue weighted by Gasteiger charge is -2.41. The van der Waals surface area contributed by atoms with Gasteiger partial charge in [0.15, 0.2) is 17.7 Å². The quantitative estimate of drug-likeness (QED) is 0.834. The van der Waals surface area contributed by atoms with Gasteiger partial charge < -0.3 is 14.4 Å². The van der Waals surface area contributed by atoms with E-state index in [1.54, 1.807) is 20.8 Å². The van der Waals surface area contributed by atoms with Crippen molar-refractivity contribution in [2.24, 2.45) is 0 Å². The molecule has 0 radical (unpaired) electrons. The number of benzene rings is 1. The molecule has 0 spiro atoms. The third-order valence-electron chi connectivity index (χ3n) is 3.44. The van der Waals surface area contributed by atoms with Crippen LogP contribution in [0.4, 0.5) is 8.78 Å². The van der Waals surface area contributed by atoms with Crippen molar-refractivity contribution in [3.63, 3.8) is 0 Å². The average Bonchev–Trinajstić information content (AvgIpc) is 2.41. The van der Waals surface area contributed by atoms with Gasteiger partial charge in [-0.15, -0.1) is 4.72 Å². The monoisotopic (exact) mass is 319 g/mol. The Bertz CT molecular complexity index is 523. The smallest absolute Gasteiger partial charge is 0.165 e. The third-order valence-corrected chi connectivity index (χ3v) is 5.10. The van der Waals surface area contributed by atoms with Gasteiger partial charge in [-0.05, 0) is 26.8 Å². The summed E-state index contributed by atoms with van der Waals surface area (Å²) in [5.41, 5.74) is -1.50. The SMILES string of the molecule is CC(C)(C)[S+]([O-])N[C@]1(CO)c2cccc(F)c2OC[C@@H]1F. The van der Waals surface area contributed by atoms with Crippen molar-refractivity contribution in [2.45, 2.75) is 37.2 Å². The number of fused-ring (bicyclic) bond motifs is 1. The Morgan fingerprint density at radius 3 is 2.76 bits per heavy atom. The van der Waals surface area contributed by atoms with Crippen molar-refractivity contribution in [1.82, 2.24) is 4.72 Å². The van der Waals surface area contributed by atoms with Gasteiger partial charge >= 0.3 is 0 Å². The fraction of sp³-hybridized carbons (Fsp3) is 0.571. The zero-order chi connectivity index (χ0) is 15.8. The lowest BCUT2D eigenvalue weighted by atomic mass is 9.84. The number of para-hydroxylation sites is 1.